The minimum Gasteiger partial charge on any atom is -0.394 e. The molecule has 6 heteroatoms. The first-order valence-corrected chi connectivity index (χ1v) is 5.46. The van der Waals surface area contributed by atoms with Crippen LogP contribution in [-0.4, -0.2) is 9.78 Å². The van der Waals surface area contributed by atoms with Gasteiger partial charge < -0.3 is 11.1 Å². The van der Waals surface area contributed by atoms with Crippen molar-refractivity contribution in [2.24, 2.45) is 7.05 Å². The average Bonchev–Trinajstić information content (AvgIpc) is 2.53. The molecule has 0 amide bonds. The third-order valence-corrected chi connectivity index (χ3v) is 2.73. The van der Waals surface area contributed by atoms with Crippen molar-refractivity contribution in [3.05, 3.63) is 41.1 Å². The Labute approximate surface area is 103 Å². The summed E-state index contributed by atoms with van der Waals surface area (Å²) in [6, 6.07) is 3.48. The number of hydrogen-bond donors (Lipinski definition) is 2. The van der Waals surface area contributed by atoms with Gasteiger partial charge in [0, 0.05) is 25.2 Å². The molecule has 0 saturated heterocycles. The topological polar surface area (TPSA) is 55.9 Å². The van der Waals surface area contributed by atoms with Gasteiger partial charge in [-0.2, -0.15) is 5.10 Å². The molecule has 18 heavy (non-hydrogen) atoms. The van der Waals surface area contributed by atoms with E-state index in [1.165, 1.54) is 12.1 Å². The fourth-order valence-corrected chi connectivity index (χ4v) is 1.73. The molecule has 0 spiro atoms. The highest BCUT2D eigenvalue weighted by Gasteiger charge is 2.10. The Bertz CT molecular complexity index is 578. The van der Waals surface area contributed by atoms with Gasteiger partial charge in [0.2, 0.25) is 0 Å². The van der Waals surface area contributed by atoms with E-state index in [0.29, 0.717) is 22.8 Å². The molecule has 0 aliphatic heterocycles. The number of rotatable bonds is 3. The highest BCUT2D eigenvalue weighted by Crippen LogP contribution is 2.22. The van der Waals surface area contributed by atoms with E-state index >= 15 is 0 Å². The van der Waals surface area contributed by atoms with Gasteiger partial charge in [0.05, 0.1) is 11.4 Å². The zero-order valence-electron chi connectivity index (χ0n) is 10.2. The number of nitrogens with two attached hydrogens (primary N) is 1. The Morgan fingerprint density at radius 1 is 1.39 bits per heavy atom. The van der Waals surface area contributed by atoms with E-state index in [0.717, 1.165) is 6.07 Å². The molecule has 0 aliphatic carbocycles. The van der Waals surface area contributed by atoms with Crippen LogP contribution < -0.4 is 11.1 Å². The second-order valence-corrected chi connectivity index (χ2v) is 4.06. The van der Waals surface area contributed by atoms with Gasteiger partial charge in [-0.05, 0) is 13.0 Å². The molecular weight excluding hydrogens is 238 g/mol. The number of halogens is 2. The van der Waals surface area contributed by atoms with Gasteiger partial charge in [0.15, 0.2) is 0 Å². The summed E-state index contributed by atoms with van der Waals surface area (Å²) in [7, 11) is 1.74. The predicted octanol–water partition coefficient (Wildman–Crippen LogP) is 2.20. The Kier molecular flexibility index (Phi) is 3.18. The molecule has 0 fully saturated rings. The number of aryl methyl sites for hydroxylation is 2. The molecule has 2 aromatic rings. The van der Waals surface area contributed by atoms with Crippen LogP contribution >= 0.6 is 0 Å². The smallest absolute Gasteiger partial charge is 0.148 e. The summed E-state index contributed by atoms with van der Waals surface area (Å²) in [5, 5.41) is 7.13. The van der Waals surface area contributed by atoms with Crippen LogP contribution in [0.3, 0.4) is 0 Å². The van der Waals surface area contributed by atoms with Crippen molar-refractivity contribution in [3.8, 4) is 0 Å². The fourth-order valence-electron chi connectivity index (χ4n) is 1.73. The van der Waals surface area contributed by atoms with Crippen molar-refractivity contribution in [2.75, 3.05) is 11.1 Å². The van der Waals surface area contributed by atoms with Crippen LogP contribution in [0.25, 0.3) is 0 Å². The van der Waals surface area contributed by atoms with Gasteiger partial charge >= 0.3 is 0 Å². The standard InChI is InChI=1S/C12H14F2N4/c1-7-11(15)12(18(2)17-7)16-6-8-3-4-9(13)5-10(8)14/h3-5,16H,6,15H2,1-2H3. The Morgan fingerprint density at radius 2 is 2.11 bits per heavy atom. The molecule has 0 bridgehead atoms. The van der Waals surface area contributed by atoms with Crippen molar-refractivity contribution < 1.29 is 8.78 Å². The quantitative estimate of drug-likeness (QED) is 0.880. The van der Waals surface area contributed by atoms with E-state index in [9.17, 15) is 8.78 Å². The summed E-state index contributed by atoms with van der Waals surface area (Å²) in [5.41, 5.74) is 7.44. The first kappa shape index (κ1) is 12.3. The molecule has 3 N–H and O–H groups in total. The monoisotopic (exact) mass is 252 g/mol. The summed E-state index contributed by atoms with van der Waals surface area (Å²) in [4.78, 5) is 0. The summed E-state index contributed by atoms with van der Waals surface area (Å²) in [5.74, 6) is -0.552. The molecule has 0 saturated carbocycles. The van der Waals surface area contributed by atoms with E-state index in [1.807, 2.05) is 0 Å². The average molecular weight is 252 g/mol. The normalized spacial score (nSPS) is 10.7. The first-order valence-electron chi connectivity index (χ1n) is 5.46. The fraction of sp³-hybridized carbons (Fsp3) is 0.250. The highest BCUT2D eigenvalue weighted by molar-refractivity contribution is 5.64. The number of hydrogen-bond acceptors (Lipinski definition) is 3. The van der Waals surface area contributed by atoms with Gasteiger partial charge in [0.1, 0.15) is 17.5 Å². The molecular formula is C12H14F2N4. The largest absolute Gasteiger partial charge is 0.394 e. The summed E-state index contributed by atoms with van der Waals surface area (Å²) in [6.45, 7) is 2.01. The lowest BCUT2D eigenvalue weighted by molar-refractivity contribution is 0.573. The van der Waals surface area contributed by atoms with Gasteiger partial charge in [-0.3, -0.25) is 4.68 Å². The Balaban J connectivity index is 2.16. The maximum Gasteiger partial charge on any atom is 0.148 e. The number of aromatic nitrogens is 2. The molecule has 1 heterocycles. The van der Waals surface area contributed by atoms with Gasteiger partial charge in [-0.25, -0.2) is 8.78 Å². The van der Waals surface area contributed by atoms with E-state index in [4.69, 9.17) is 5.73 Å². The summed E-state index contributed by atoms with van der Waals surface area (Å²) in [6.07, 6.45) is 0. The van der Waals surface area contributed by atoms with Gasteiger partial charge in [-0.1, -0.05) is 6.07 Å². The van der Waals surface area contributed by atoms with Gasteiger partial charge in [0.25, 0.3) is 0 Å². The molecule has 96 valence electrons. The molecule has 0 atom stereocenters. The van der Waals surface area contributed by atoms with Crippen LogP contribution in [0.4, 0.5) is 20.3 Å². The number of nitrogens with one attached hydrogen (secondary N) is 1. The summed E-state index contributed by atoms with van der Waals surface area (Å²) < 4.78 is 27.8. The van der Waals surface area contributed by atoms with E-state index in [2.05, 4.69) is 10.4 Å². The second kappa shape index (κ2) is 4.64. The lowest BCUT2D eigenvalue weighted by Gasteiger charge is -2.08. The molecule has 1 aromatic heterocycles. The van der Waals surface area contributed by atoms with Crippen molar-refractivity contribution in [3.63, 3.8) is 0 Å². The van der Waals surface area contributed by atoms with Crippen LogP contribution in [0.2, 0.25) is 0 Å². The minimum absolute atomic E-state index is 0.218. The zero-order valence-corrected chi connectivity index (χ0v) is 10.2. The van der Waals surface area contributed by atoms with Gasteiger partial charge in [-0.15, -0.1) is 0 Å². The maximum absolute atomic E-state index is 13.4. The Morgan fingerprint density at radius 3 is 2.67 bits per heavy atom. The van der Waals surface area contributed by atoms with E-state index in [1.54, 1.807) is 18.7 Å². The molecule has 0 unspecified atom stereocenters. The third kappa shape index (κ3) is 2.27. The molecule has 2 rings (SSSR count). The third-order valence-electron chi connectivity index (χ3n) is 2.73. The molecule has 0 radical (unpaired) electrons. The first-order chi connectivity index (χ1) is 8.49. The predicted molar refractivity (Wildman–Crippen MR) is 66.0 cm³/mol. The van der Waals surface area contributed by atoms with E-state index in [-0.39, 0.29) is 6.54 Å². The summed E-state index contributed by atoms with van der Waals surface area (Å²) >= 11 is 0. The number of nitrogen functional groups attached to an aromatic ring is 1. The highest BCUT2D eigenvalue weighted by atomic mass is 19.1. The molecule has 0 aliphatic rings. The Hall–Kier alpha value is -2.11. The van der Waals surface area contributed by atoms with Crippen molar-refractivity contribution in [1.82, 2.24) is 9.78 Å². The van der Waals surface area contributed by atoms with Crippen molar-refractivity contribution in [2.45, 2.75) is 13.5 Å². The van der Waals surface area contributed by atoms with Crippen molar-refractivity contribution in [1.29, 1.82) is 0 Å². The lowest BCUT2D eigenvalue weighted by atomic mass is 10.2. The zero-order chi connectivity index (χ0) is 13.3. The maximum atomic E-state index is 13.4. The minimum atomic E-state index is -0.591. The number of benzene rings is 1. The lowest BCUT2D eigenvalue weighted by Crippen LogP contribution is -2.07. The van der Waals surface area contributed by atoms with Crippen LogP contribution in [0.15, 0.2) is 18.2 Å². The van der Waals surface area contributed by atoms with Crippen LogP contribution in [0, 0.1) is 18.6 Å². The second-order valence-electron chi connectivity index (χ2n) is 4.06. The molecule has 4 nitrogen and oxygen atoms in total. The number of nitrogens with zero attached hydrogens (tertiary/aromatic N) is 2. The number of anilines is 2. The van der Waals surface area contributed by atoms with Crippen LogP contribution in [0.1, 0.15) is 11.3 Å². The van der Waals surface area contributed by atoms with Crippen LogP contribution in [0.5, 0.6) is 0 Å². The SMILES string of the molecule is Cc1nn(C)c(NCc2ccc(F)cc2F)c1N. The van der Waals surface area contributed by atoms with Crippen LogP contribution in [-0.2, 0) is 13.6 Å². The van der Waals surface area contributed by atoms with Crippen molar-refractivity contribution >= 4 is 11.5 Å². The van der Waals surface area contributed by atoms with E-state index < -0.39 is 11.6 Å². The molecule has 1 aromatic carbocycles.